The van der Waals surface area contributed by atoms with Gasteiger partial charge >= 0.3 is 0 Å². The molecule has 5 heteroatoms. The molecular weight excluding hydrogens is 366 g/mol. The fourth-order valence-electron chi connectivity index (χ4n) is 3.86. The minimum Gasteiger partial charge on any atom is -0.493 e. The topological polar surface area (TPSA) is 64.6 Å². The van der Waals surface area contributed by atoms with E-state index in [-0.39, 0.29) is 18.3 Å². The van der Waals surface area contributed by atoms with Gasteiger partial charge in [-0.15, -0.1) is 0 Å². The van der Waals surface area contributed by atoms with E-state index in [1.807, 2.05) is 44.2 Å². The molecule has 1 aliphatic carbocycles. The number of ketones is 1. The third-order valence-electron chi connectivity index (χ3n) is 5.57. The minimum atomic E-state index is -0.701. The lowest BCUT2D eigenvalue weighted by molar-refractivity contribution is -0.130. The van der Waals surface area contributed by atoms with Gasteiger partial charge in [0.2, 0.25) is 5.91 Å². The average Bonchev–Trinajstić information content (AvgIpc) is 3.11. The Labute approximate surface area is 172 Å². The maximum Gasteiger partial charge on any atom is 0.228 e. The largest absolute Gasteiger partial charge is 0.493 e. The van der Waals surface area contributed by atoms with Crippen LogP contribution >= 0.6 is 0 Å². The van der Waals surface area contributed by atoms with Crippen LogP contribution in [0.1, 0.15) is 48.7 Å². The van der Waals surface area contributed by atoms with Crippen molar-refractivity contribution in [2.24, 2.45) is 5.41 Å². The van der Waals surface area contributed by atoms with E-state index in [1.54, 1.807) is 14.2 Å². The first-order chi connectivity index (χ1) is 13.8. The molecule has 0 unspecified atom stereocenters. The standard InChI is InChI=1S/C24H29NO4/c1-6-15-10-11-19(16-8-7-9-18-17(16)12-13-20(18)26)22(21(15)28-5)29-14-24(2,3)23(27)25-4/h7-11H,6,12-14H2,1-5H3,(H,25,27). The molecule has 0 spiro atoms. The second kappa shape index (κ2) is 8.27. The quantitative estimate of drug-likeness (QED) is 0.763. The molecule has 0 bridgehead atoms. The molecule has 1 amide bonds. The second-order valence-corrected chi connectivity index (χ2v) is 7.99. The van der Waals surface area contributed by atoms with Crippen LogP contribution in [0.15, 0.2) is 30.3 Å². The van der Waals surface area contributed by atoms with E-state index >= 15 is 0 Å². The molecule has 0 atom stereocenters. The van der Waals surface area contributed by atoms with E-state index in [9.17, 15) is 9.59 Å². The SMILES string of the molecule is CCc1ccc(-c2cccc3c2CCC3=O)c(OCC(C)(C)C(=O)NC)c1OC. The van der Waals surface area contributed by atoms with Gasteiger partial charge in [0, 0.05) is 24.6 Å². The maximum absolute atomic E-state index is 12.2. The number of rotatable bonds is 7. The molecule has 0 radical (unpaired) electrons. The number of carbonyl (C=O) groups excluding carboxylic acids is 2. The zero-order valence-corrected chi connectivity index (χ0v) is 17.8. The second-order valence-electron chi connectivity index (χ2n) is 7.99. The fraction of sp³-hybridized carbons (Fsp3) is 0.417. The lowest BCUT2D eigenvalue weighted by Crippen LogP contribution is -2.39. The predicted octanol–water partition coefficient (Wildman–Crippen LogP) is 4.20. The summed E-state index contributed by atoms with van der Waals surface area (Å²) in [4.78, 5) is 24.4. The molecule has 0 saturated carbocycles. The number of fused-ring (bicyclic) bond motifs is 1. The van der Waals surface area contributed by atoms with Crippen molar-refractivity contribution in [3.63, 3.8) is 0 Å². The molecule has 0 heterocycles. The molecule has 0 saturated heterocycles. The monoisotopic (exact) mass is 395 g/mol. The number of hydrogen-bond donors (Lipinski definition) is 1. The van der Waals surface area contributed by atoms with E-state index in [2.05, 4.69) is 12.2 Å². The van der Waals surface area contributed by atoms with Crippen molar-refractivity contribution in [1.29, 1.82) is 0 Å². The summed E-state index contributed by atoms with van der Waals surface area (Å²) < 4.78 is 12.0. The van der Waals surface area contributed by atoms with Gasteiger partial charge in [0.05, 0.1) is 12.5 Å². The van der Waals surface area contributed by atoms with Crippen molar-refractivity contribution in [2.75, 3.05) is 20.8 Å². The molecule has 1 N–H and O–H groups in total. The lowest BCUT2D eigenvalue weighted by atomic mass is 9.92. The Morgan fingerprint density at radius 1 is 1.07 bits per heavy atom. The highest BCUT2D eigenvalue weighted by Crippen LogP contribution is 2.44. The summed E-state index contributed by atoms with van der Waals surface area (Å²) in [5.74, 6) is 1.40. The molecule has 5 nitrogen and oxygen atoms in total. The van der Waals surface area contributed by atoms with E-state index in [4.69, 9.17) is 9.47 Å². The molecule has 3 rings (SSSR count). The van der Waals surface area contributed by atoms with Crippen LogP contribution in [0.2, 0.25) is 0 Å². The molecular formula is C24H29NO4. The highest BCUT2D eigenvalue weighted by Gasteiger charge is 2.30. The van der Waals surface area contributed by atoms with Crippen molar-refractivity contribution in [3.05, 3.63) is 47.0 Å². The van der Waals surface area contributed by atoms with Crippen LogP contribution in [0.3, 0.4) is 0 Å². The first-order valence-corrected chi connectivity index (χ1v) is 10.0. The number of hydrogen-bond acceptors (Lipinski definition) is 4. The number of amides is 1. The van der Waals surface area contributed by atoms with Crippen molar-refractivity contribution in [2.45, 2.75) is 40.0 Å². The normalized spacial score (nSPS) is 13.2. The summed E-state index contributed by atoms with van der Waals surface area (Å²) in [6.45, 7) is 5.97. The number of methoxy groups -OCH3 is 1. The zero-order valence-electron chi connectivity index (χ0n) is 17.8. The minimum absolute atomic E-state index is 0.0872. The smallest absolute Gasteiger partial charge is 0.228 e. The van der Waals surface area contributed by atoms with Gasteiger partial charge in [-0.2, -0.15) is 0 Å². The summed E-state index contributed by atoms with van der Waals surface area (Å²) in [5.41, 5.74) is 4.05. The van der Waals surface area contributed by atoms with Gasteiger partial charge in [0.15, 0.2) is 17.3 Å². The Balaban J connectivity index is 2.12. The number of benzene rings is 2. The van der Waals surface area contributed by atoms with Crippen LogP contribution in [0, 0.1) is 5.41 Å². The molecule has 0 aromatic heterocycles. The summed E-state index contributed by atoms with van der Waals surface area (Å²) in [5, 5.41) is 2.69. The van der Waals surface area contributed by atoms with Gasteiger partial charge in [-0.1, -0.05) is 37.3 Å². The first-order valence-electron chi connectivity index (χ1n) is 10.0. The number of carbonyl (C=O) groups is 2. The van der Waals surface area contributed by atoms with E-state index < -0.39 is 5.41 Å². The maximum atomic E-state index is 12.2. The van der Waals surface area contributed by atoms with Crippen LogP contribution < -0.4 is 14.8 Å². The molecule has 0 fully saturated rings. The predicted molar refractivity (Wildman–Crippen MR) is 114 cm³/mol. The molecule has 154 valence electrons. The third-order valence-corrected chi connectivity index (χ3v) is 5.57. The van der Waals surface area contributed by atoms with Gasteiger partial charge in [-0.05, 0) is 43.4 Å². The summed E-state index contributed by atoms with van der Waals surface area (Å²) >= 11 is 0. The lowest BCUT2D eigenvalue weighted by Gasteiger charge is -2.25. The first kappa shape index (κ1) is 20.9. The molecule has 2 aromatic rings. The number of Topliss-reactive ketones (excluding diaryl/α,β-unsaturated/α-hetero) is 1. The third kappa shape index (κ3) is 3.86. The highest BCUT2D eigenvalue weighted by molar-refractivity contribution is 6.02. The Hall–Kier alpha value is -2.82. The Morgan fingerprint density at radius 2 is 1.79 bits per heavy atom. The van der Waals surface area contributed by atoms with Gasteiger partial charge in [0.25, 0.3) is 0 Å². The Morgan fingerprint density at radius 3 is 2.45 bits per heavy atom. The van der Waals surface area contributed by atoms with Crippen LogP contribution in [-0.4, -0.2) is 32.5 Å². The van der Waals surface area contributed by atoms with Gasteiger partial charge in [0.1, 0.15) is 6.61 Å². The van der Waals surface area contributed by atoms with Crippen molar-refractivity contribution in [3.8, 4) is 22.6 Å². The summed E-state index contributed by atoms with van der Waals surface area (Å²) in [6.07, 6.45) is 2.06. The summed E-state index contributed by atoms with van der Waals surface area (Å²) in [7, 11) is 3.26. The van der Waals surface area contributed by atoms with E-state index in [0.717, 1.165) is 40.7 Å². The van der Waals surface area contributed by atoms with Crippen LogP contribution in [0.5, 0.6) is 11.5 Å². The number of aryl methyl sites for hydroxylation is 1. The van der Waals surface area contributed by atoms with Gasteiger partial charge < -0.3 is 14.8 Å². The van der Waals surface area contributed by atoms with Gasteiger partial charge in [-0.25, -0.2) is 0 Å². The number of ether oxygens (including phenoxy) is 2. The summed E-state index contributed by atoms with van der Waals surface area (Å²) in [6, 6.07) is 9.90. The molecule has 2 aromatic carbocycles. The Kier molecular flexibility index (Phi) is 5.96. The number of nitrogens with one attached hydrogen (secondary N) is 1. The van der Waals surface area contributed by atoms with Crippen LogP contribution in [0.25, 0.3) is 11.1 Å². The van der Waals surface area contributed by atoms with E-state index in [1.165, 1.54) is 0 Å². The molecule has 29 heavy (non-hydrogen) atoms. The van der Waals surface area contributed by atoms with Crippen molar-refractivity contribution in [1.82, 2.24) is 5.32 Å². The zero-order chi connectivity index (χ0) is 21.2. The van der Waals surface area contributed by atoms with E-state index in [0.29, 0.717) is 17.9 Å². The molecule has 1 aliphatic rings. The fourth-order valence-corrected chi connectivity index (χ4v) is 3.86. The van der Waals surface area contributed by atoms with Gasteiger partial charge in [-0.3, -0.25) is 9.59 Å². The average molecular weight is 395 g/mol. The highest BCUT2D eigenvalue weighted by atomic mass is 16.5. The Bertz CT molecular complexity index is 946. The van der Waals surface area contributed by atoms with Crippen LogP contribution in [0.4, 0.5) is 0 Å². The van der Waals surface area contributed by atoms with Crippen molar-refractivity contribution < 1.29 is 19.1 Å². The van der Waals surface area contributed by atoms with Crippen molar-refractivity contribution >= 4 is 11.7 Å². The van der Waals surface area contributed by atoms with Crippen LogP contribution in [-0.2, 0) is 17.6 Å². The molecule has 0 aliphatic heterocycles.